The molecule has 3 heterocycles. The molecule has 0 radical (unpaired) electrons. The van der Waals surface area contributed by atoms with Crippen molar-refractivity contribution in [3.8, 4) is 17.4 Å². The van der Waals surface area contributed by atoms with Crippen molar-refractivity contribution in [3.05, 3.63) is 71.2 Å². The number of phenols is 1. The highest BCUT2D eigenvalue weighted by atomic mass is 19.1. The Morgan fingerprint density at radius 3 is 2.64 bits per heavy atom. The molecule has 0 bridgehead atoms. The lowest BCUT2D eigenvalue weighted by Gasteiger charge is -2.32. The molecular formula is C30H33FN6O5. The smallest absolute Gasteiger partial charge is 0.261 e. The number of imidazole rings is 1. The summed E-state index contributed by atoms with van der Waals surface area (Å²) in [5.41, 5.74) is 0.725. The van der Waals surface area contributed by atoms with E-state index in [1.165, 1.54) is 30.5 Å². The summed E-state index contributed by atoms with van der Waals surface area (Å²) in [6.07, 6.45) is 1.57. The fourth-order valence-corrected chi connectivity index (χ4v) is 4.86. The van der Waals surface area contributed by atoms with E-state index < -0.39 is 23.2 Å². The van der Waals surface area contributed by atoms with Gasteiger partial charge in [-0.1, -0.05) is 12.1 Å². The average Bonchev–Trinajstić information content (AvgIpc) is 3.25. The molecule has 0 saturated carbocycles. The first-order valence-corrected chi connectivity index (χ1v) is 13.6. The Morgan fingerprint density at radius 1 is 1.17 bits per heavy atom. The number of fused-ring (bicyclic) bond motifs is 1. The topological polar surface area (TPSA) is 133 Å². The van der Waals surface area contributed by atoms with Gasteiger partial charge in [-0.3, -0.25) is 19.8 Å². The summed E-state index contributed by atoms with van der Waals surface area (Å²) in [6, 6.07) is 11.1. The molecule has 0 spiro atoms. The molecule has 1 saturated heterocycles. The zero-order chi connectivity index (χ0) is 30.0. The zero-order valence-electron chi connectivity index (χ0n) is 23.7. The van der Waals surface area contributed by atoms with Crippen LogP contribution in [0.1, 0.15) is 40.1 Å². The van der Waals surface area contributed by atoms with Crippen LogP contribution in [0.5, 0.6) is 17.4 Å². The van der Waals surface area contributed by atoms with Crippen molar-refractivity contribution in [1.29, 1.82) is 0 Å². The number of nitrogens with zero attached hydrogens (tertiary/aromatic N) is 5. The van der Waals surface area contributed by atoms with E-state index in [-0.39, 0.29) is 35.1 Å². The van der Waals surface area contributed by atoms with E-state index in [9.17, 15) is 19.8 Å². The Bertz CT molecular complexity index is 1620. The Kier molecular flexibility index (Phi) is 8.21. The monoisotopic (exact) mass is 576 g/mol. The molecule has 2 aromatic heterocycles. The summed E-state index contributed by atoms with van der Waals surface area (Å²) in [5.74, 6) is -2.73. The number of halogens is 1. The van der Waals surface area contributed by atoms with Crippen molar-refractivity contribution in [1.82, 2.24) is 24.3 Å². The molecule has 1 aliphatic rings. The normalized spacial score (nSPS) is 14.7. The first-order valence-electron chi connectivity index (χ1n) is 13.6. The molecule has 12 heteroatoms. The fraction of sp³-hybridized carbons (Fsp3) is 0.333. The number of likely N-dealkylation sites (N-methyl/N-ethyl adjacent to an activating group) is 1. The van der Waals surface area contributed by atoms with Crippen molar-refractivity contribution < 1.29 is 28.9 Å². The molecule has 11 nitrogen and oxygen atoms in total. The second kappa shape index (κ2) is 11.8. The summed E-state index contributed by atoms with van der Waals surface area (Å²) >= 11 is 0. The molecule has 1 fully saturated rings. The first kappa shape index (κ1) is 29.1. The maximum atomic E-state index is 15.4. The van der Waals surface area contributed by atoms with Gasteiger partial charge in [-0.05, 0) is 56.8 Å². The van der Waals surface area contributed by atoms with Crippen LogP contribution in [0.2, 0.25) is 0 Å². The lowest BCUT2D eigenvalue weighted by atomic mass is 10.1. The van der Waals surface area contributed by atoms with E-state index in [0.717, 1.165) is 43.8 Å². The standard InChI is InChI=1S/C30H33FN6O5/c1-30(2,41)18-37-23-15-19(16-36-13-11-35(3)12-14-36)7-8-22(23)33-29(37)34-27(40)20-9-10-32-28(26(20)31)42-25-6-4-5-24(39)21(25)17-38/h4-10,15,17,39,41H,11-14,16,18H2,1-3H3,(H,33,34,40). The van der Waals surface area contributed by atoms with Crippen LogP contribution in [0.25, 0.3) is 11.0 Å². The van der Waals surface area contributed by atoms with E-state index in [1.54, 1.807) is 18.4 Å². The van der Waals surface area contributed by atoms with Crippen LogP contribution in [0, 0.1) is 5.82 Å². The lowest BCUT2D eigenvalue weighted by molar-refractivity contribution is 0.0630. The highest BCUT2D eigenvalue weighted by molar-refractivity contribution is 6.04. The number of carbonyl (C=O) groups is 2. The quantitative estimate of drug-likeness (QED) is 0.255. The van der Waals surface area contributed by atoms with Gasteiger partial charge in [0.05, 0.1) is 34.3 Å². The third-order valence-corrected chi connectivity index (χ3v) is 7.05. The van der Waals surface area contributed by atoms with Crippen LogP contribution >= 0.6 is 0 Å². The number of hydrogen-bond acceptors (Lipinski definition) is 9. The van der Waals surface area contributed by atoms with E-state index in [1.807, 2.05) is 18.2 Å². The van der Waals surface area contributed by atoms with Crippen LogP contribution in [-0.2, 0) is 13.1 Å². The van der Waals surface area contributed by atoms with E-state index in [2.05, 4.69) is 32.1 Å². The van der Waals surface area contributed by atoms with Gasteiger partial charge in [0.15, 0.2) is 12.1 Å². The number of aliphatic hydroxyl groups is 1. The summed E-state index contributed by atoms with van der Waals surface area (Å²) in [7, 11) is 2.11. The highest BCUT2D eigenvalue weighted by Crippen LogP contribution is 2.31. The number of pyridine rings is 1. The van der Waals surface area contributed by atoms with Crippen LogP contribution in [0.3, 0.4) is 0 Å². The van der Waals surface area contributed by atoms with Crippen molar-refractivity contribution in [2.75, 3.05) is 38.5 Å². The van der Waals surface area contributed by atoms with E-state index in [4.69, 9.17) is 4.74 Å². The number of aromatic hydroxyl groups is 1. The van der Waals surface area contributed by atoms with Crippen LogP contribution < -0.4 is 10.1 Å². The van der Waals surface area contributed by atoms with Gasteiger partial charge in [0.25, 0.3) is 11.8 Å². The maximum Gasteiger partial charge on any atom is 0.261 e. The number of hydrogen-bond donors (Lipinski definition) is 3. The van der Waals surface area contributed by atoms with Crippen molar-refractivity contribution >= 4 is 29.2 Å². The number of phenolic OH excluding ortho intramolecular Hbond substituents is 1. The van der Waals surface area contributed by atoms with Crippen molar-refractivity contribution in [2.45, 2.75) is 32.5 Å². The minimum atomic E-state index is -1.14. The number of amides is 1. The number of anilines is 1. The number of aldehydes is 1. The van der Waals surface area contributed by atoms with E-state index in [0.29, 0.717) is 11.8 Å². The van der Waals surface area contributed by atoms with Gasteiger partial charge < -0.3 is 24.4 Å². The van der Waals surface area contributed by atoms with Crippen LogP contribution in [0.4, 0.5) is 10.3 Å². The number of ether oxygens (including phenoxy) is 1. The van der Waals surface area contributed by atoms with Gasteiger partial charge in [0.1, 0.15) is 11.5 Å². The molecule has 220 valence electrons. The third kappa shape index (κ3) is 6.40. The number of rotatable bonds is 9. The Hall–Kier alpha value is -4.39. The summed E-state index contributed by atoms with van der Waals surface area (Å²) < 4.78 is 22.6. The SMILES string of the molecule is CN1CCN(Cc2ccc3nc(NC(=O)c4ccnc(Oc5cccc(O)c5C=O)c4F)n(CC(C)(C)O)c3c2)CC1. The molecule has 4 aromatic rings. The predicted octanol–water partition coefficient (Wildman–Crippen LogP) is 3.65. The molecule has 2 aromatic carbocycles. The van der Waals surface area contributed by atoms with Gasteiger partial charge in [0, 0.05) is 38.9 Å². The minimum Gasteiger partial charge on any atom is -0.507 e. The highest BCUT2D eigenvalue weighted by Gasteiger charge is 2.24. The summed E-state index contributed by atoms with van der Waals surface area (Å²) in [4.78, 5) is 37.8. The van der Waals surface area contributed by atoms with Crippen molar-refractivity contribution in [3.63, 3.8) is 0 Å². The number of piperazine rings is 1. The number of aromatic nitrogens is 3. The van der Waals surface area contributed by atoms with Gasteiger partial charge in [-0.15, -0.1) is 0 Å². The largest absolute Gasteiger partial charge is 0.507 e. The second-order valence-electron chi connectivity index (χ2n) is 11.1. The van der Waals surface area contributed by atoms with E-state index >= 15 is 4.39 Å². The average molecular weight is 577 g/mol. The first-order chi connectivity index (χ1) is 20.0. The Balaban J connectivity index is 1.43. The number of carbonyl (C=O) groups excluding carboxylic acids is 2. The zero-order valence-corrected chi connectivity index (χ0v) is 23.7. The molecule has 1 aliphatic heterocycles. The van der Waals surface area contributed by atoms with Gasteiger partial charge >= 0.3 is 0 Å². The molecule has 0 aliphatic carbocycles. The van der Waals surface area contributed by atoms with Gasteiger partial charge in [-0.2, -0.15) is 0 Å². The Morgan fingerprint density at radius 2 is 1.93 bits per heavy atom. The third-order valence-electron chi connectivity index (χ3n) is 7.05. The Labute approximate surface area is 242 Å². The number of benzene rings is 2. The summed E-state index contributed by atoms with van der Waals surface area (Å²) in [5, 5.41) is 23.2. The lowest BCUT2D eigenvalue weighted by Crippen LogP contribution is -2.43. The van der Waals surface area contributed by atoms with Crippen molar-refractivity contribution in [2.24, 2.45) is 0 Å². The molecule has 0 atom stereocenters. The molecule has 3 N–H and O–H groups in total. The molecule has 1 amide bonds. The molecule has 0 unspecified atom stereocenters. The number of nitrogens with one attached hydrogen (secondary N) is 1. The predicted molar refractivity (Wildman–Crippen MR) is 155 cm³/mol. The molecular weight excluding hydrogens is 543 g/mol. The van der Waals surface area contributed by atoms with Crippen LogP contribution in [0.15, 0.2) is 48.7 Å². The fourth-order valence-electron chi connectivity index (χ4n) is 4.86. The molecule has 5 rings (SSSR count). The second-order valence-corrected chi connectivity index (χ2v) is 11.1. The summed E-state index contributed by atoms with van der Waals surface area (Å²) in [6.45, 7) is 8.11. The van der Waals surface area contributed by atoms with Gasteiger partial charge in [0.2, 0.25) is 5.95 Å². The van der Waals surface area contributed by atoms with Crippen LogP contribution in [-0.4, -0.2) is 85.6 Å². The van der Waals surface area contributed by atoms with Gasteiger partial charge in [-0.25, -0.2) is 14.4 Å². The molecule has 42 heavy (non-hydrogen) atoms. The minimum absolute atomic E-state index is 0.117. The maximum absolute atomic E-state index is 15.4.